The van der Waals surface area contributed by atoms with E-state index in [0.717, 1.165) is 13.0 Å². The second-order valence-corrected chi connectivity index (χ2v) is 4.50. The topological polar surface area (TPSA) is 9.23 Å². The molecule has 1 aromatic carbocycles. The van der Waals surface area contributed by atoms with Crippen LogP contribution in [0.25, 0.3) is 0 Å². The highest BCUT2D eigenvalue weighted by atomic mass is 35.5. The summed E-state index contributed by atoms with van der Waals surface area (Å²) < 4.78 is 18.6. The SMILES string of the molecule is Fc1ccccc1CC(Cl)C1CCOC1. The van der Waals surface area contributed by atoms with E-state index in [2.05, 4.69) is 0 Å². The van der Waals surface area contributed by atoms with E-state index in [0.29, 0.717) is 24.5 Å². The van der Waals surface area contributed by atoms with Crippen LogP contribution in [0.3, 0.4) is 0 Å². The number of benzene rings is 1. The minimum absolute atomic E-state index is 0.0237. The molecular weight excluding hydrogens is 215 g/mol. The third kappa shape index (κ3) is 2.70. The minimum atomic E-state index is -0.165. The van der Waals surface area contributed by atoms with Gasteiger partial charge in [-0.2, -0.15) is 0 Å². The maximum Gasteiger partial charge on any atom is 0.126 e. The van der Waals surface area contributed by atoms with E-state index < -0.39 is 0 Å². The summed E-state index contributed by atoms with van der Waals surface area (Å²) in [4.78, 5) is 0. The van der Waals surface area contributed by atoms with E-state index in [1.54, 1.807) is 12.1 Å². The van der Waals surface area contributed by atoms with Gasteiger partial charge < -0.3 is 4.74 Å². The van der Waals surface area contributed by atoms with Gasteiger partial charge in [0.25, 0.3) is 0 Å². The number of hydrogen-bond donors (Lipinski definition) is 0. The molecule has 0 radical (unpaired) electrons. The standard InChI is InChI=1S/C12H14ClFO/c13-11(10-5-6-15-8-10)7-9-3-1-2-4-12(9)14/h1-4,10-11H,5-8H2. The van der Waals surface area contributed by atoms with E-state index in [1.165, 1.54) is 6.07 Å². The first-order chi connectivity index (χ1) is 7.27. The molecule has 1 aromatic rings. The van der Waals surface area contributed by atoms with Gasteiger partial charge in [0, 0.05) is 17.9 Å². The predicted molar refractivity (Wildman–Crippen MR) is 58.7 cm³/mol. The molecule has 1 nitrogen and oxygen atoms in total. The lowest BCUT2D eigenvalue weighted by atomic mass is 9.98. The molecule has 1 aliphatic heterocycles. The summed E-state index contributed by atoms with van der Waals surface area (Å²) in [6, 6.07) is 6.80. The Morgan fingerprint density at radius 1 is 1.47 bits per heavy atom. The lowest BCUT2D eigenvalue weighted by molar-refractivity contribution is 0.185. The maximum absolute atomic E-state index is 13.3. The Morgan fingerprint density at radius 3 is 2.93 bits per heavy atom. The number of halogens is 2. The molecule has 3 heteroatoms. The van der Waals surface area contributed by atoms with Gasteiger partial charge in [-0.25, -0.2) is 4.39 Å². The minimum Gasteiger partial charge on any atom is -0.381 e. The third-order valence-corrected chi connectivity index (χ3v) is 3.36. The van der Waals surface area contributed by atoms with Gasteiger partial charge in [-0.3, -0.25) is 0 Å². The van der Waals surface area contributed by atoms with Gasteiger partial charge in [-0.05, 0) is 24.5 Å². The monoisotopic (exact) mass is 228 g/mol. The average molecular weight is 229 g/mol. The third-order valence-electron chi connectivity index (χ3n) is 2.85. The Balaban J connectivity index is 1.99. The summed E-state index contributed by atoms with van der Waals surface area (Å²) in [5, 5.41) is -0.0237. The largest absolute Gasteiger partial charge is 0.381 e. The molecule has 1 aliphatic rings. The van der Waals surface area contributed by atoms with Gasteiger partial charge >= 0.3 is 0 Å². The van der Waals surface area contributed by atoms with Crippen LogP contribution in [0.15, 0.2) is 24.3 Å². The molecule has 1 heterocycles. The zero-order chi connectivity index (χ0) is 10.7. The molecule has 0 aromatic heterocycles. The fourth-order valence-corrected chi connectivity index (χ4v) is 2.24. The molecule has 82 valence electrons. The summed E-state index contributed by atoms with van der Waals surface area (Å²) in [6.07, 6.45) is 1.57. The fraction of sp³-hybridized carbons (Fsp3) is 0.500. The number of hydrogen-bond acceptors (Lipinski definition) is 1. The molecule has 1 saturated heterocycles. The van der Waals surface area contributed by atoms with Crippen molar-refractivity contribution in [2.45, 2.75) is 18.2 Å². The molecule has 0 N–H and O–H groups in total. The Morgan fingerprint density at radius 2 is 2.27 bits per heavy atom. The van der Waals surface area contributed by atoms with Crippen molar-refractivity contribution in [1.29, 1.82) is 0 Å². The van der Waals surface area contributed by atoms with Crippen LogP contribution in [0.2, 0.25) is 0 Å². The first kappa shape index (κ1) is 10.9. The Hall–Kier alpha value is -0.600. The van der Waals surface area contributed by atoms with Crippen LogP contribution in [0, 0.1) is 11.7 Å². The fourth-order valence-electron chi connectivity index (χ4n) is 1.88. The summed E-state index contributed by atoms with van der Waals surface area (Å²) in [6.45, 7) is 1.49. The van der Waals surface area contributed by atoms with Crippen LogP contribution in [0.4, 0.5) is 4.39 Å². The predicted octanol–water partition coefficient (Wildman–Crippen LogP) is 3.01. The van der Waals surface area contributed by atoms with Crippen LogP contribution in [-0.2, 0) is 11.2 Å². The van der Waals surface area contributed by atoms with Crippen molar-refractivity contribution < 1.29 is 9.13 Å². The maximum atomic E-state index is 13.3. The van der Waals surface area contributed by atoms with E-state index in [1.807, 2.05) is 6.07 Å². The summed E-state index contributed by atoms with van der Waals surface area (Å²) in [5.74, 6) is 0.202. The second-order valence-electron chi connectivity index (χ2n) is 3.94. The van der Waals surface area contributed by atoms with E-state index in [4.69, 9.17) is 16.3 Å². The normalized spacial score (nSPS) is 22.9. The van der Waals surface area contributed by atoms with Gasteiger partial charge in [-0.15, -0.1) is 11.6 Å². The van der Waals surface area contributed by atoms with E-state index in [9.17, 15) is 4.39 Å². The van der Waals surface area contributed by atoms with Crippen molar-refractivity contribution >= 4 is 11.6 Å². The zero-order valence-electron chi connectivity index (χ0n) is 8.46. The molecule has 0 aliphatic carbocycles. The van der Waals surface area contributed by atoms with Crippen LogP contribution in [0.5, 0.6) is 0 Å². The number of alkyl halides is 1. The van der Waals surface area contributed by atoms with Crippen LogP contribution in [-0.4, -0.2) is 18.6 Å². The highest BCUT2D eigenvalue weighted by Gasteiger charge is 2.24. The van der Waals surface area contributed by atoms with Gasteiger partial charge in [0.1, 0.15) is 5.82 Å². The summed E-state index contributed by atoms with van der Waals surface area (Å²) >= 11 is 6.25. The molecule has 15 heavy (non-hydrogen) atoms. The number of rotatable bonds is 3. The molecule has 0 bridgehead atoms. The van der Waals surface area contributed by atoms with Crippen molar-refractivity contribution in [2.75, 3.05) is 13.2 Å². The molecule has 2 rings (SSSR count). The van der Waals surface area contributed by atoms with Crippen LogP contribution < -0.4 is 0 Å². The van der Waals surface area contributed by atoms with E-state index >= 15 is 0 Å². The van der Waals surface area contributed by atoms with Crippen molar-refractivity contribution in [3.05, 3.63) is 35.6 Å². The smallest absolute Gasteiger partial charge is 0.126 e. The van der Waals surface area contributed by atoms with Crippen molar-refractivity contribution in [1.82, 2.24) is 0 Å². The molecule has 2 unspecified atom stereocenters. The molecule has 0 amide bonds. The lowest BCUT2D eigenvalue weighted by Gasteiger charge is -2.15. The second kappa shape index (κ2) is 4.95. The van der Waals surface area contributed by atoms with Crippen molar-refractivity contribution in [3.8, 4) is 0 Å². The molecule has 0 spiro atoms. The molecule has 1 fully saturated rings. The van der Waals surface area contributed by atoms with Crippen LogP contribution >= 0.6 is 11.6 Å². The first-order valence-electron chi connectivity index (χ1n) is 5.22. The van der Waals surface area contributed by atoms with Gasteiger partial charge in [0.15, 0.2) is 0 Å². The first-order valence-corrected chi connectivity index (χ1v) is 5.66. The number of ether oxygens (including phenoxy) is 1. The van der Waals surface area contributed by atoms with Crippen molar-refractivity contribution in [3.63, 3.8) is 0 Å². The quantitative estimate of drug-likeness (QED) is 0.723. The van der Waals surface area contributed by atoms with Crippen molar-refractivity contribution in [2.24, 2.45) is 5.92 Å². The molecule has 0 saturated carbocycles. The van der Waals surface area contributed by atoms with E-state index in [-0.39, 0.29) is 11.2 Å². The van der Waals surface area contributed by atoms with Gasteiger partial charge in [0.2, 0.25) is 0 Å². The van der Waals surface area contributed by atoms with Crippen LogP contribution in [0.1, 0.15) is 12.0 Å². The molecular formula is C12H14ClFO. The lowest BCUT2D eigenvalue weighted by Crippen LogP contribution is -2.18. The zero-order valence-corrected chi connectivity index (χ0v) is 9.21. The Kier molecular flexibility index (Phi) is 3.60. The Bertz CT molecular complexity index is 323. The van der Waals surface area contributed by atoms with Gasteiger partial charge in [-0.1, -0.05) is 18.2 Å². The summed E-state index contributed by atoms with van der Waals surface area (Å²) in [5.41, 5.74) is 0.699. The summed E-state index contributed by atoms with van der Waals surface area (Å²) in [7, 11) is 0. The van der Waals surface area contributed by atoms with Gasteiger partial charge in [0.05, 0.1) is 6.61 Å². The molecule has 2 atom stereocenters. The Labute approximate surface area is 94.2 Å². The average Bonchev–Trinajstić information content (AvgIpc) is 2.74. The highest BCUT2D eigenvalue weighted by Crippen LogP contribution is 2.24. The highest BCUT2D eigenvalue weighted by molar-refractivity contribution is 6.20.